The van der Waals surface area contributed by atoms with Crippen LogP contribution in [0.3, 0.4) is 0 Å². The lowest BCUT2D eigenvalue weighted by Gasteiger charge is -2.09. The van der Waals surface area contributed by atoms with Gasteiger partial charge in [0, 0.05) is 18.8 Å². The Balaban J connectivity index is 2.56. The molecule has 1 rings (SSSR count). The third kappa shape index (κ3) is 7.81. The van der Waals surface area contributed by atoms with E-state index in [0.717, 1.165) is 5.57 Å². The summed E-state index contributed by atoms with van der Waals surface area (Å²) < 4.78 is 40.7. The van der Waals surface area contributed by atoms with Crippen molar-refractivity contribution in [3.63, 3.8) is 0 Å². The molecular weight excluding hydrogens is 285 g/mol. The van der Waals surface area contributed by atoms with Gasteiger partial charge in [-0.2, -0.15) is 13.2 Å². The number of nitrogens with zero attached hydrogens (tertiary/aromatic N) is 2. The van der Waals surface area contributed by atoms with Crippen LogP contribution >= 0.6 is 0 Å². The maximum absolute atomic E-state index is 12.0. The van der Waals surface area contributed by atoms with Crippen LogP contribution in [0.4, 0.5) is 13.2 Å². The third-order valence-electron chi connectivity index (χ3n) is 2.19. The van der Waals surface area contributed by atoms with Crippen LogP contribution in [0.1, 0.15) is 12.5 Å². The fourth-order valence-electron chi connectivity index (χ4n) is 1.26. The fraction of sp³-hybridized carbons (Fsp3) is 0.385. The van der Waals surface area contributed by atoms with E-state index < -0.39 is 12.8 Å². The first-order valence-corrected chi connectivity index (χ1v) is 6.09. The second-order valence-electron chi connectivity index (χ2n) is 4.42. The van der Waals surface area contributed by atoms with Crippen molar-refractivity contribution in [2.45, 2.75) is 19.6 Å². The van der Waals surface area contributed by atoms with E-state index in [1.807, 2.05) is 6.92 Å². The number of nitrogens with one attached hydrogen (secondary N) is 1. The van der Waals surface area contributed by atoms with Gasteiger partial charge in [-0.05, 0) is 18.6 Å². The molecule has 0 fully saturated rings. The monoisotopic (exact) mass is 302 g/mol. The zero-order valence-corrected chi connectivity index (χ0v) is 11.6. The molecule has 0 aromatic carbocycles. The van der Waals surface area contributed by atoms with Crippen LogP contribution in [0.15, 0.2) is 35.5 Å². The number of pyridine rings is 1. The van der Waals surface area contributed by atoms with E-state index in [0.29, 0.717) is 12.1 Å². The number of hydrogen-bond donors (Lipinski definition) is 2. The van der Waals surface area contributed by atoms with Gasteiger partial charge in [-0.3, -0.25) is 0 Å². The lowest BCUT2D eigenvalue weighted by Crippen LogP contribution is -2.32. The summed E-state index contributed by atoms with van der Waals surface area (Å²) in [7, 11) is 0. The minimum absolute atomic E-state index is 0.103. The number of ether oxygens (including phenoxy) is 1. The van der Waals surface area contributed by atoms with Gasteiger partial charge in [-0.15, -0.1) is 0 Å². The smallest absolute Gasteiger partial charge is 0.422 e. The van der Waals surface area contributed by atoms with E-state index in [1.54, 1.807) is 6.07 Å². The number of halogens is 3. The summed E-state index contributed by atoms with van der Waals surface area (Å²) >= 11 is 0. The van der Waals surface area contributed by atoms with E-state index in [2.05, 4.69) is 26.6 Å². The summed E-state index contributed by atoms with van der Waals surface area (Å²) in [5.74, 6) is 0.126. The molecule has 8 heteroatoms. The van der Waals surface area contributed by atoms with Crippen LogP contribution in [0.2, 0.25) is 0 Å². The molecule has 0 unspecified atom stereocenters. The number of nitrogens with two attached hydrogens (primary N) is 1. The molecule has 0 aliphatic rings. The molecule has 5 nitrogen and oxygen atoms in total. The lowest BCUT2D eigenvalue weighted by molar-refractivity contribution is -0.154. The average Bonchev–Trinajstić information content (AvgIpc) is 2.40. The highest BCUT2D eigenvalue weighted by Gasteiger charge is 2.28. The molecule has 1 heterocycles. The first kappa shape index (κ1) is 16.8. The molecule has 0 radical (unpaired) electrons. The Bertz CT molecular complexity index is 514. The van der Waals surface area contributed by atoms with Crippen molar-refractivity contribution in [3.8, 4) is 5.88 Å². The summed E-state index contributed by atoms with van der Waals surface area (Å²) in [5, 5.41) is 2.84. The molecule has 0 atom stereocenters. The topological polar surface area (TPSA) is 72.5 Å². The predicted octanol–water partition coefficient (Wildman–Crippen LogP) is 2.00. The van der Waals surface area contributed by atoms with E-state index in [4.69, 9.17) is 5.73 Å². The maximum Gasteiger partial charge on any atom is 0.422 e. The summed E-state index contributed by atoms with van der Waals surface area (Å²) in [5.41, 5.74) is 7.17. The van der Waals surface area contributed by atoms with Crippen LogP contribution in [-0.2, 0) is 6.54 Å². The molecule has 1 aromatic heterocycles. The Morgan fingerprint density at radius 2 is 2.24 bits per heavy atom. The van der Waals surface area contributed by atoms with Gasteiger partial charge < -0.3 is 15.8 Å². The lowest BCUT2D eigenvalue weighted by atomic mass is 10.3. The summed E-state index contributed by atoms with van der Waals surface area (Å²) in [6.45, 7) is 4.88. The Hall–Kier alpha value is -2.25. The van der Waals surface area contributed by atoms with Crippen molar-refractivity contribution in [1.82, 2.24) is 10.3 Å². The average molecular weight is 302 g/mol. The van der Waals surface area contributed by atoms with Crippen LogP contribution in [0.25, 0.3) is 0 Å². The quantitative estimate of drug-likeness (QED) is 0.479. The molecule has 0 amide bonds. The van der Waals surface area contributed by atoms with Crippen LogP contribution < -0.4 is 15.8 Å². The van der Waals surface area contributed by atoms with Crippen molar-refractivity contribution in [2.24, 2.45) is 10.7 Å². The van der Waals surface area contributed by atoms with E-state index in [9.17, 15) is 13.2 Å². The highest BCUT2D eigenvalue weighted by Crippen LogP contribution is 2.17. The predicted molar refractivity (Wildman–Crippen MR) is 73.9 cm³/mol. The molecule has 0 saturated carbocycles. The van der Waals surface area contributed by atoms with Gasteiger partial charge in [0.05, 0.1) is 6.54 Å². The van der Waals surface area contributed by atoms with Crippen LogP contribution in [0.5, 0.6) is 5.88 Å². The maximum atomic E-state index is 12.0. The molecule has 0 aliphatic carbocycles. The highest BCUT2D eigenvalue weighted by molar-refractivity contribution is 5.78. The van der Waals surface area contributed by atoms with Crippen molar-refractivity contribution in [3.05, 3.63) is 36.0 Å². The van der Waals surface area contributed by atoms with Crippen molar-refractivity contribution < 1.29 is 17.9 Å². The van der Waals surface area contributed by atoms with Gasteiger partial charge in [0.1, 0.15) is 0 Å². The number of rotatable bonds is 6. The van der Waals surface area contributed by atoms with Crippen LogP contribution in [-0.4, -0.2) is 30.3 Å². The molecule has 3 N–H and O–H groups in total. The van der Waals surface area contributed by atoms with Gasteiger partial charge in [-0.1, -0.05) is 12.2 Å². The second kappa shape index (κ2) is 7.51. The van der Waals surface area contributed by atoms with E-state index in [1.165, 1.54) is 12.3 Å². The van der Waals surface area contributed by atoms with Crippen molar-refractivity contribution in [2.75, 3.05) is 13.2 Å². The Kier molecular flexibility index (Phi) is 6.01. The van der Waals surface area contributed by atoms with Crippen LogP contribution in [0, 0.1) is 0 Å². The SMILES string of the molecule is C=C(C)CNC(N)=NCc1ccnc(OCC(F)(F)F)c1. The zero-order valence-electron chi connectivity index (χ0n) is 11.6. The molecule has 116 valence electrons. The number of aromatic nitrogens is 1. The summed E-state index contributed by atoms with van der Waals surface area (Å²) in [6, 6.07) is 3.01. The molecule has 21 heavy (non-hydrogen) atoms. The second-order valence-corrected chi connectivity index (χ2v) is 4.42. The van der Waals surface area contributed by atoms with E-state index >= 15 is 0 Å². The molecule has 0 bridgehead atoms. The highest BCUT2D eigenvalue weighted by atomic mass is 19.4. The Morgan fingerprint density at radius 1 is 1.52 bits per heavy atom. The summed E-state index contributed by atoms with van der Waals surface area (Å²) in [4.78, 5) is 7.75. The number of hydrogen-bond acceptors (Lipinski definition) is 3. The fourth-order valence-corrected chi connectivity index (χ4v) is 1.26. The normalized spacial score (nSPS) is 12.1. The first-order valence-electron chi connectivity index (χ1n) is 6.09. The Morgan fingerprint density at radius 3 is 2.86 bits per heavy atom. The number of aliphatic imine (C=N–C) groups is 1. The minimum atomic E-state index is -4.40. The van der Waals surface area contributed by atoms with E-state index in [-0.39, 0.29) is 18.4 Å². The molecular formula is C13H17F3N4O. The molecule has 0 saturated heterocycles. The van der Waals surface area contributed by atoms with Gasteiger partial charge >= 0.3 is 6.18 Å². The Labute approximate surface area is 120 Å². The van der Waals surface area contributed by atoms with Crippen molar-refractivity contribution in [1.29, 1.82) is 0 Å². The minimum Gasteiger partial charge on any atom is -0.468 e. The van der Waals surface area contributed by atoms with Gasteiger partial charge in [0.15, 0.2) is 12.6 Å². The molecule has 0 spiro atoms. The third-order valence-corrected chi connectivity index (χ3v) is 2.19. The van der Waals surface area contributed by atoms with Crippen molar-refractivity contribution >= 4 is 5.96 Å². The standard InChI is InChI=1S/C13H17F3N4O/c1-9(2)6-19-12(17)20-7-10-3-4-18-11(5-10)21-8-13(14,15)16/h3-5H,1,6-8H2,2H3,(H3,17,19,20). The van der Waals surface area contributed by atoms with Gasteiger partial charge in [-0.25, -0.2) is 9.98 Å². The number of guanidine groups is 1. The van der Waals surface area contributed by atoms with Gasteiger partial charge in [0.25, 0.3) is 0 Å². The summed E-state index contributed by atoms with van der Waals surface area (Å²) in [6.07, 6.45) is -3.04. The molecule has 1 aromatic rings. The zero-order chi connectivity index (χ0) is 15.9. The largest absolute Gasteiger partial charge is 0.468 e. The van der Waals surface area contributed by atoms with Gasteiger partial charge in [0.2, 0.25) is 5.88 Å². The first-order chi connectivity index (χ1) is 9.76. The number of alkyl halides is 3. The molecule has 0 aliphatic heterocycles.